The van der Waals surface area contributed by atoms with Gasteiger partial charge in [-0.1, -0.05) is 31.5 Å². The fourth-order valence-electron chi connectivity index (χ4n) is 5.70. The van der Waals surface area contributed by atoms with Gasteiger partial charge in [-0.05, 0) is 48.7 Å². The highest BCUT2D eigenvalue weighted by Gasteiger charge is 2.54. The molecule has 4 heterocycles. The van der Waals surface area contributed by atoms with Crippen molar-refractivity contribution in [2.75, 3.05) is 18.0 Å². The number of halogens is 1. The second-order valence-electron chi connectivity index (χ2n) is 10.1. The monoisotopic (exact) mass is 462 g/mol. The van der Waals surface area contributed by atoms with Crippen LogP contribution >= 0.6 is 11.6 Å². The maximum atomic E-state index is 12.9. The van der Waals surface area contributed by atoms with Crippen molar-refractivity contribution in [1.82, 2.24) is 24.6 Å². The highest BCUT2D eigenvalue weighted by molar-refractivity contribution is 6.30. The molecule has 3 aliphatic rings. The molecule has 170 valence electrons. The van der Waals surface area contributed by atoms with Crippen LogP contribution in [0.25, 0.3) is 5.69 Å². The molecule has 2 fully saturated rings. The summed E-state index contributed by atoms with van der Waals surface area (Å²) in [5, 5.41) is 9.87. The third kappa shape index (κ3) is 3.41. The maximum absolute atomic E-state index is 12.9. The first-order valence-corrected chi connectivity index (χ1v) is 12.0. The summed E-state index contributed by atoms with van der Waals surface area (Å²) < 4.78 is 2.19. The summed E-state index contributed by atoms with van der Waals surface area (Å²) in [6.45, 7) is 6.95. The van der Waals surface area contributed by atoms with Crippen LogP contribution in [0.3, 0.4) is 0 Å². The van der Waals surface area contributed by atoms with E-state index < -0.39 is 0 Å². The molecule has 3 aromatic rings. The standard InChI is InChI=1S/C25H27ClN6O/c1-16(2)24(33)30-12-17-9-19(26)6-7-20(17)32-22(13-30)28-29-23(32)18-10-25(11-18)14-31(15-25)21-5-3-4-8-27-21/h3-9,16,18H,10-15H2,1-2H3. The number of hydrogen-bond acceptors (Lipinski definition) is 5. The molecule has 6 rings (SSSR count). The molecule has 1 spiro atoms. The topological polar surface area (TPSA) is 67.2 Å². The van der Waals surface area contributed by atoms with Crippen molar-refractivity contribution in [3.05, 3.63) is 64.8 Å². The molecule has 8 heteroatoms. The van der Waals surface area contributed by atoms with Crippen LogP contribution in [-0.4, -0.2) is 43.6 Å². The number of benzene rings is 1. The first kappa shape index (κ1) is 20.7. The van der Waals surface area contributed by atoms with E-state index in [0.29, 0.717) is 29.4 Å². The average molecular weight is 463 g/mol. The zero-order chi connectivity index (χ0) is 22.7. The van der Waals surface area contributed by atoms with Gasteiger partial charge in [-0.25, -0.2) is 4.98 Å². The van der Waals surface area contributed by atoms with Crippen LogP contribution in [0.4, 0.5) is 5.82 Å². The van der Waals surface area contributed by atoms with Gasteiger partial charge in [-0.15, -0.1) is 10.2 Å². The van der Waals surface area contributed by atoms with Gasteiger partial charge < -0.3 is 9.80 Å². The summed E-state index contributed by atoms with van der Waals surface area (Å²) in [6.07, 6.45) is 4.06. The molecule has 0 bridgehead atoms. The van der Waals surface area contributed by atoms with E-state index in [1.54, 1.807) is 0 Å². The Kier molecular flexibility index (Phi) is 4.73. The number of pyridine rings is 1. The lowest BCUT2D eigenvalue weighted by Gasteiger charge is -2.59. The summed E-state index contributed by atoms with van der Waals surface area (Å²) in [6, 6.07) is 12.0. The molecular weight excluding hydrogens is 436 g/mol. The Balaban J connectivity index is 1.27. The summed E-state index contributed by atoms with van der Waals surface area (Å²) in [4.78, 5) is 21.6. The predicted octanol–water partition coefficient (Wildman–Crippen LogP) is 4.20. The molecule has 0 atom stereocenters. The van der Waals surface area contributed by atoms with Gasteiger partial charge in [-0.3, -0.25) is 9.36 Å². The van der Waals surface area contributed by atoms with Crippen LogP contribution in [0.5, 0.6) is 0 Å². The van der Waals surface area contributed by atoms with E-state index in [-0.39, 0.29) is 11.8 Å². The van der Waals surface area contributed by atoms with Crippen molar-refractivity contribution in [2.45, 2.75) is 45.7 Å². The minimum absolute atomic E-state index is 0.0752. The minimum atomic E-state index is -0.0752. The van der Waals surface area contributed by atoms with Crippen LogP contribution < -0.4 is 4.90 Å². The van der Waals surface area contributed by atoms with Crippen LogP contribution in [0.2, 0.25) is 5.02 Å². The van der Waals surface area contributed by atoms with Gasteiger partial charge in [0.15, 0.2) is 5.82 Å². The summed E-state index contributed by atoms with van der Waals surface area (Å²) in [5.41, 5.74) is 2.43. The Morgan fingerprint density at radius 1 is 1.12 bits per heavy atom. The Labute approximate surface area is 198 Å². The van der Waals surface area contributed by atoms with E-state index in [0.717, 1.165) is 54.6 Å². The van der Waals surface area contributed by atoms with Crippen molar-refractivity contribution in [1.29, 1.82) is 0 Å². The lowest BCUT2D eigenvalue weighted by atomic mass is 9.57. The van der Waals surface area contributed by atoms with Crippen molar-refractivity contribution in [3.63, 3.8) is 0 Å². The molecule has 0 N–H and O–H groups in total. The van der Waals surface area contributed by atoms with E-state index in [2.05, 4.69) is 30.7 Å². The molecule has 2 aliphatic heterocycles. The van der Waals surface area contributed by atoms with Gasteiger partial charge in [0.2, 0.25) is 5.91 Å². The number of amides is 1. The number of fused-ring (bicyclic) bond motifs is 3. The minimum Gasteiger partial charge on any atom is -0.355 e. The van der Waals surface area contributed by atoms with E-state index in [9.17, 15) is 4.79 Å². The lowest BCUT2D eigenvalue weighted by molar-refractivity contribution is -0.135. The molecule has 1 saturated carbocycles. The third-order valence-electron chi connectivity index (χ3n) is 7.29. The number of aromatic nitrogens is 4. The van der Waals surface area contributed by atoms with E-state index in [1.807, 2.05) is 55.3 Å². The molecule has 33 heavy (non-hydrogen) atoms. The number of nitrogens with zero attached hydrogens (tertiary/aromatic N) is 6. The SMILES string of the molecule is CC(C)C(=O)N1Cc2cc(Cl)ccc2-n2c(nnc2C2CC3(C2)CN(c2ccccn2)C3)C1. The number of rotatable bonds is 3. The Bertz CT molecular complexity index is 1210. The highest BCUT2D eigenvalue weighted by atomic mass is 35.5. The fraction of sp³-hybridized carbons (Fsp3) is 0.440. The second kappa shape index (κ2) is 7.55. The number of carbonyl (C=O) groups is 1. The fourth-order valence-corrected chi connectivity index (χ4v) is 5.90. The highest BCUT2D eigenvalue weighted by Crippen LogP contribution is 2.56. The molecule has 7 nitrogen and oxygen atoms in total. The summed E-state index contributed by atoms with van der Waals surface area (Å²) >= 11 is 6.34. The van der Waals surface area contributed by atoms with Gasteiger partial charge in [0, 0.05) is 48.1 Å². The van der Waals surface area contributed by atoms with Crippen molar-refractivity contribution in [2.24, 2.45) is 11.3 Å². The Morgan fingerprint density at radius 2 is 1.94 bits per heavy atom. The molecule has 0 unspecified atom stereocenters. The van der Waals surface area contributed by atoms with Crippen LogP contribution in [0.1, 0.15) is 49.8 Å². The van der Waals surface area contributed by atoms with Gasteiger partial charge >= 0.3 is 0 Å². The quantitative estimate of drug-likeness (QED) is 0.583. The summed E-state index contributed by atoms with van der Waals surface area (Å²) in [7, 11) is 0. The summed E-state index contributed by atoms with van der Waals surface area (Å²) in [5.74, 6) is 3.30. The molecule has 1 aliphatic carbocycles. The third-order valence-corrected chi connectivity index (χ3v) is 7.52. The van der Waals surface area contributed by atoms with E-state index >= 15 is 0 Å². The zero-order valence-corrected chi connectivity index (χ0v) is 19.7. The van der Waals surface area contributed by atoms with Gasteiger partial charge in [0.1, 0.15) is 11.6 Å². The first-order valence-electron chi connectivity index (χ1n) is 11.6. The average Bonchev–Trinajstić information content (AvgIpc) is 3.07. The predicted molar refractivity (Wildman–Crippen MR) is 126 cm³/mol. The number of hydrogen-bond donors (Lipinski definition) is 0. The van der Waals surface area contributed by atoms with Crippen molar-refractivity contribution in [3.8, 4) is 5.69 Å². The number of anilines is 1. The van der Waals surface area contributed by atoms with Crippen LogP contribution in [-0.2, 0) is 17.9 Å². The van der Waals surface area contributed by atoms with Crippen molar-refractivity contribution >= 4 is 23.3 Å². The van der Waals surface area contributed by atoms with E-state index in [4.69, 9.17) is 11.6 Å². The lowest BCUT2D eigenvalue weighted by Crippen LogP contribution is -2.62. The van der Waals surface area contributed by atoms with Gasteiger partial charge in [-0.2, -0.15) is 0 Å². The normalized spacial score (nSPS) is 19.0. The van der Waals surface area contributed by atoms with Crippen LogP contribution in [0.15, 0.2) is 42.6 Å². The molecular formula is C25H27ClN6O. The van der Waals surface area contributed by atoms with Gasteiger partial charge in [0.05, 0.1) is 12.2 Å². The molecule has 1 aromatic carbocycles. The van der Waals surface area contributed by atoms with Gasteiger partial charge in [0.25, 0.3) is 0 Å². The Hall–Kier alpha value is -2.93. The van der Waals surface area contributed by atoms with Crippen molar-refractivity contribution < 1.29 is 4.79 Å². The molecule has 1 saturated heterocycles. The molecule has 0 radical (unpaired) electrons. The van der Waals surface area contributed by atoms with Crippen LogP contribution in [0, 0.1) is 11.3 Å². The smallest absolute Gasteiger partial charge is 0.225 e. The van der Waals surface area contributed by atoms with E-state index in [1.165, 1.54) is 0 Å². The largest absolute Gasteiger partial charge is 0.355 e. The number of carbonyl (C=O) groups excluding carboxylic acids is 1. The Morgan fingerprint density at radius 3 is 2.67 bits per heavy atom. The maximum Gasteiger partial charge on any atom is 0.225 e. The first-order chi connectivity index (χ1) is 15.9. The molecule has 2 aromatic heterocycles. The zero-order valence-electron chi connectivity index (χ0n) is 18.9. The molecule has 1 amide bonds. The second-order valence-corrected chi connectivity index (χ2v) is 10.5.